The summed E-state index contributed by atoms with van der Waals surface area (Å²) in [6, 6.07) is 0. The minimum atomic E-state index is -0.222. The molecule has 0 aliphatic heterocycles. The summed E-state index contributed by atoms with van der Waals surface area (Å²) in [7, 11) is 0. The maximum atomic E-state index is 10.4. The molecule has 0 saturated carbocycles. The van der Waals surface area contributed by atoms with E-state index in [1.54, 1.807) is 0 Å². The third-order valence-electron chi connectivity index (χ3n) is 2.24. The van der Waals surface area contributed by atoms with Crippen molar-refractivity contribution in [3.63, 3.8) is 0 Å². The second-order valence-electron chi connectivity index (χ2n) is 3.03. The second kappa shape index (κ2) is 3.00. The van der Waals surface area contributed by atoms with Gasteiger partial charge in [-0.05, 0) is 12.3 Å². The highest BCUT2D eigenvalue weighted by Crippen LogP contribution is 2.27. The summed E-state index contributed by atoms with van der Waals surface area (Å²) in [5, 5.41) is 0. The molecule has 0 bridgehead atoms. The molecule has 9 heavy (non-hydrogen) atoms. The van der Waals surface area contributed by atoms with Crippen LogP contribution in [0.25, 0.3) is 0 Å². The zero-order chi connectivity index (χ0) is 7.49. The highest BCUT2D eigenvalue weighted by atomic mass is 16.1. The molecule has 0 aromatic carbocycles. The molecule has 0 saturated heterocycles. The van der Waals surface area contributed by atoms with Crippen molar-refractivity contribution in [2.24, 2.45) is 11.3 Å². The van der Waals surface area contributed by atoms with Crippen LogP contribution < -0.4 is 0 Å². The Morgan fingerprint density at radius 1 is 1.56 bits per heavy atom. The Bertz CT molecular complexity index is 96.7. The van der Waals surface area contributed by atoms with Crippen LogP contribution in [0.5, 0.6) is 0 Å². The van der Waals surface area contributed by atoms with Crippen molar-refractivity contribution in [3.05, 3.63) is 0 Å². The van der Waals surface area contributed by atoms with Crippen molar-refractivity contribution >= 4 is 6.29 Å². The Hall–Kier alpha value is -0.330. The fraction of sp³-hybridized carbons (Fsp3) is 0.875. The van der Waals surface area contributed by atoms with Gasteiger partial charge in [0.25, 0.3) is 0 Å². The smallest absolute Gasteiger partial charge is 0.205 e. The van der Waals surface area contributed by atoms with Crippen LogP contribution in [-0.4, -0.2) is 6.29 Å². The zero-order valence-corrected chi connectivity index (χ0v) is 6.69. The van der Waals surface area contributed by atoms with Gasteiger partial charge >= 0.3 is 0 Å². The van der Waals surface area contributed by atoms with E-state index in [1.165, 1.54) is 0 Å². The molecular weight excluding hydrogens is 112 g/mol. The first-order valence-electron chi connectivity index (χ1n) is 3.46. The predicted octanol–water partition coefficient (Wildman–Crippen LogP) is 2.17. The first-order chi connectivity index (χ1) is 4.06. The van der Waals surface area contributed by atoms with Crippen LogP contribution in [0, 0.1) is 11.3 Å². The standard InChI is InChI=1S/C8H15O/c1-5-8(4,6-9)7(2)3/h7H,5H2,1-4H3. The third kappa shape index (κ3) is 1.81. The minimum absolute atomic E-state index is 0.222. The lowest BCUT2D eigenvalue weighted by atomic mass is 9.78. The molecule has 53 valence electrons. The monoisotopic (exact) mass is 127 g/mol. The van der Waals surface area contributed by atoms with E-state index in [0.717, 1.165) is 6.42 Å². The van der Waals surface area contributed by atoms with Gasteiger partial charge in [-0.25, -0.2) is 0 Å². The molecule has 1 unspecified atom stereocenters. The van der Waals surface area contributed by atoms with Crippen molar-refractivity contribution in [2.45, 2.75) is 34.1 Å². The molecule has 1 radical (unpaired) electrons. The topological polar surface area (TPSA) is 17.1 Å². The van der Waals surface area contributed by atoms with Crippen molar-refractivity contribution < 1.29 is 4.79 Å². The van der Waals surface area contributed by atoms with E-state index in [1.807, 2.05) is 13.8 Å². The van der Waals surface area contributed by atoms with Crippen LogP contribution in [0.15, 0.2) is 0 Å². The normalized spacial score (nSPS) is 17.4. The van der Waals surface area contributed by atoms with Crippen LogP contribution in [0.4, 0.5) is 0 Å². The lowest BCUT2D eigenvalue weighted by Crippen LogP contribution is -2.23. The summed E-state index contributed by atoms with van der Waals surface area (Å²) in [5.41, 5.74) is -0.222. The summed E-state index contributed by atoms with van der Waals surface area (Å²) in [6.45, 7) is 8.07. The van der Waals surface area contributed by atoms with Gasteiger partial charge in [0.1, 0.15) is 0 Å². The molecule has 1 atom stereocenters. The summed E-state index contributed by atoms with van der Waals surface area (Å²) in [6.07, 6.45) is 2.96. The van der Waals surface area contributed by atoms with Crippen molar-refractivity contribution in [2.75, 3.05) is 0 Å². The Kier molecular flexibility index (Phi) is 2.89. The first-order valence-corrected chi connectivity index (χ1v) is 3.46. The molecule has 0 aromatic heterocycles. The third-order valence-corrected chi connectivity index (χ3v) is 2.24. The molecule has 0 aromatic rings. The van der Waals surface area contributed by atoms with E-state index in [-0.39, 0.29) is 5.41 Å². The molecule has 0 aliphatic rings. The molecule has 0 heterocycles. The fourth-order valence-electron chi connectivity index (χ4n) is 0.598. The highest BCUT2D eigenvalue weighted by molar-refractivity contribution is 5.59. The van der Waals surface area contributed by atoms with Gasteiger partial charge in [-0.2, -0.15) is 0 Å². The van der Waals surface area contributed by atoms with Gasteiger partial charge < -0.3 is 0 Å². The SMILES string of the molecule is CCC(C)([C]=O)C(C)C. The average Bonchev–Trinajstić information content (AvgIpc) is 1.86. The van der Waals surface area contributed by atoms with Gasteiger partial charge in [0, 0.05) is 5.41 Å². The Labute approximate surface area is 57.5 Å². The lowest BCUT2D eigenvalue weighted by Gasteiger charge is -2.24. The van der Waals surface area contributed by atoms with Crippen LogP contribution in [0.3, 0.4) is 0 Å². The molecular formula is C8H15O. The second-order valence-corrected chi connectivity index (χ2v) is 3.03. The summed E-state index contributed by atoms with van der Waals surface area (Å²) in [5.74, 6) is 0.403. The van der Waals surface area contributed by atoms with E-state index in [2.05, 4.69) is 20.1 Å². The Balaban J connectivity index is 4.08. The average molecular weight is 127 g/mol. The quantitative estimate of drug-likeness (QED) is 0.567. The molecule has 0 rings (SSSR count). The molecule has 1 heteroatoms. The van der Waals surface area contributed by atoms with E-state index < -0.39 is 0 Å². The van der Waals surface area contributed by atoms with Crippen molar-refractivity contribution in [1.29, 1.82) is 0 Å². The van der Waals surface area contributed by atoms with Crippen LogP contribution >= 0.6 is 0 Å². The van der Waals surface area contributed by atoms with E-state index in [4.69, 9.17) is 0 Å². The fourth-order valence-corrected chi connectivity index (χ4v) is 0.598. The summed E-state index contributed by atoms with van der Waals surface area (Å²) >= 11 is 0. The summed E-state index contributed by atoms with van der Waals surface area (Å²) in [4.78, 5) is 10.4. The molecule has 0 fully saturated rings. The summed E-state index contributed by atoms with van der Waals surface area (Å²) < 4.78 is 0. The first kappa shape index (κ1) is 8.67. The predicted molar refractivity (Wildman–Crippen MR) is 38.9 cm³/mol. The Morgan fingerprint density at radius 2 is 2.00 bits per heavy atom. The Morgan fingerprint density at radius 3 is 2.00 bits per heavy atom. The van der Waals surface area contributed by atoms with E-state index in [9.17, 15) is 4.79 Å². The van der Waals surface area contributed by atoms with E-state index in [0.29, 0.717) is 5.92 Å². The molecule has 1 nitrogen and oxygen atoms in total. The minimum Gasteiger partial charge on any atom is -0.290 e. The number of rotatable bonds is 3. The van der Waals surface area contributed by atoms with Gasteiger partial charge in [0.2, 0.25) is 6.29 Å². The van der Waals surface area contributed by atoms with Crippen LogP contribution in [0.1, 0.15) is 34.1 Å². The van der Waals surface area contributed by atoms with Crippen LogP contribution in [0.2, 0.25) is 0 Å². The van der Waals surface area contributed by atoms with Crippen LogP contribution in [-0.2, 0) is 4.79 Å². The molecule has 0 aliphatic carbocycles. The highest BCUT2D eigenvalue weighted by Gasteiger charge is 2.26. The maximum absolute atomic E-state index is 10.4. The molecule has 0 spiro atoms. The van der Waals surface area contributed by atoms with Crippen molar-refractivity contribution in [1.82, 2.24) is 0 Å². The number of hydrogen-bond donors (Lipinski definition) is 0. The lowest BCUT2D eigenvalue weighted by molar-refractivity contribution is 0.301. The number of carbonyl (C=O) groups excluding carboxylic acids is 1. The zero-order valence-electron chi connectivity index (χ0n) is 6.69. The largest absolute Gasteiger partial charge is 0.290 e. The van der Waals surface area contributed by atoms with Gasteiger partial charge in [0.05, 0.1) is 0 Å². The number of hydrogen-bond acceptors (Lipinski definition) is 1. The van der Waals surface area contributed by atoms with Crippen molar-refractivity contribution in [3.8, 4) is 0 Å². The van der Waals surface area contributed by atoms with E-state index >= 15 is 0 Å². The van der Waals surface area contributed by atoms with Gasteiger partial charge in [-0.3, -0.25) is 4.79 Å². The van der Waals surface area contributed by atoms with Gasteiger partial charge in [0.15, 0.2) is 0 Å². The molecule has 0 amide bonds. The molecule has 0 N–H and O–H groups in total. The maximum Gasteiger partial charge on any atom is 0.205 e. The van der Waals surface area contributed by atoms with Gasteiger partial charge in [-0.1, -0.05) is 27.7 Å². The van der Waals surface area contributed by atoms with Gasteiger partial charge in [-0.15, -0.1) is 0 Å².